The molecule has 1 amide bonds. The Hall–Kier alpha value is -1.18. The van der Waals surface area contributed by atoms with E-state index in [2.05, 4.69) is 26.1 Å². The number of anilines is 1. The number of carbonyl (C=O) groups is 1. The fourth-order valence-electron chi connectivity index (χ4n) is 2.85. The van der Waals surface area contributed by atoms with Crippen molar-refractivity contribution in [2.24, 2.45) is 11.7 Å². The fraction of sp³-hybridized carbons (Fsp3) is 0.562. The van der Waals surface area contributed by atoms with Crippen LogP contribution in [0.25, 0.3) is 0 Å². The molecule has 7 heteroatoms. The quantitative estimate of drug-likeness (QED) is 0.753. The number of hydrogen-bond donors (Lipinski definition) is 2. The number of methoxy groups -OCH3 is 1. The van der Waals surface area contributed by atoms with E-state index in [1.165, 1.54) is 6.07 Å². The number of likely N-dealkylation sites (tertiary alicyclic amines) is 1. The number of ether oxygens (including phenoxy) is 1. The molecule has 0 aromatic heterocycles. The standard InChI is InChI=1S/C16H23BrFN3O2/c1-23-7-6-21-4-2-11(3-5-21)10-20-14-9-12(17)8-13(18)15(14)16(19)22/h8-9,11,20H,2-7,10H2,1H3,(H2,19,22). The van der Waals surface area contributed by atoms with Gasteiger partial charge in [0.05, 0.1) is 17.9 Å². The number of benzene rings is 1. The lowest BCUT2D eigenvalue weighted by Gasteiger charge is -2.32. The molecule has 1 aromatic carbocycles. The van der Waals surface area contributed by atoms with Crippen molar-refractivity contribution in [1.29, 1.82) is 0 Å². The molecule has 1 aromatic rings. The molecule has 1 saturated heterocycles. The molecule has 0 saturated carbocycles. The summed E-state index contributed by atoms with van der Waals surface area (Å²) in [5.74, 6) is -0.868. The van der Waals surface area contributed by atoms with Crippen molar-refractivity contribution in [3.05, 3.63) is 28.0 Å². The van der Waals surface area contributed by atoms with E-state index in [-0.39, 0.29) is 5.56 Å². The molecule has 1 aliphatic heterocycles. The van der Waals surface area contributed by atoms with Crippen LogP contribution >= 0.6 is 15.9 Å². The molecule has 128 valence electrons. The third-order valence-electron chi connectivity index (χ3n) is 4.20. The van der Waals surface area contributed by atoms with Crippen LogP contribution in [0.1, 0.15) is 23.2 Å². The Bertz CT molecular complexity index is 548. The second-order valence-electron chi connectivity index (χ2n) is 5.83. The first-order valence-electron chi connectivity index (χ1n) is 7.75. The molecule has 2 rings (SSSR count). The minimum Gasteiger partial charge on any atom is -0.384 e. The Balaban J connectivity index is 1.91. The Morgan fingerprint density at radius 2 is 2.17 bits per heavy atom. The molecule has 3 N–H and O–H groups in total. The minimum absolute atomic E-state index is 0.0780. The number of nitrogens with one attached hydrogen (secondary N) is 1. The fourth-order valence-corrected chi connectivity index (χ4v) is 3.28. The molecule has 0 bridgehead atoms. The largest absolute Gasteiger partial charge is 0.384 e. The van der Waals surface area contributed by atoms with E-state index in [4.69, 9.17) is 10.5 Å². The van der Waals surface area contributed by atoms with Crippen molar-refractivity contribution < 1.29 is 13.9 Å². The first-order chi connectivity index (χ1) is 11.0. The number of piperidine rings is 1. The highest BCUT2D eigenvalue weighted by Gasteiger charge is 2.20. The zero-order valence-electron chi connectivity index (χ0n) is 13.3. The van der Waals surface area contributed by atoms with E-state index in [0.29, 0.717) is 22.6 Å². The molecule has 1 fully saturated rings. The van der Waals surface area contributed by atoms with Crippen LogP contribution in [0.4, 0.5) is 10.1 Å². The summed E-state index contributed by atoms with van der Waals surface area (Å²) in [7, 11) is 1.71. The maximum Gasteiger partial charge on any atom is 0.253 e. The summed E-state index contributed by atoms with van der Waals surface area (Å²) in [6, 6.07) is 2.94. The number of nitrogens with two attached hydrogens (primary N) is 1. The maximum absolute atomic E-state index is 13.9. The first kappa shape index (κ1) is 18.2. The number of amides is 1. The summed E-state index contributed by atoms with van der Waals surface area (Å²) in [6.07, 6.45) is 2.14. The second kappa shape index (κ2) is 8.61. The highest BCUT2D eigenvalue weighted by Crippen LogP contribution is 2.26. The van der Waals surface area contributed by atoms with E-state index >= 15 is 0 Å². The zero-order valence-corrected chi connectivity index (χ0v) is 14.9. The smallest absolute Gasteiger partial charge is 0.253 e. The Morgan fingerprint density at radius 1 is 1.48 bits per heavy atom. The van der Waals surface area contributed by atoms with Crippen molar-refractivity contribution in [2.45, 2.75) is 12.8 Å². The van der Waals surface area contributed by atoms with Gasteiger partial charge in [0.15, 0.2) is 0 Å². The second-order valence-corrected chi connectivity index (χ2v) is 6.75. The van der Waals surface area contributed by atoms with Crippen molar-refractivity contribution in [1.82, 2.24) is 4.90 Å². The van der Waals surface area contributed by atoms with Crippen LogP contribution in [-0.4, -0.2) is 50.7 Å². The van der Waals surface area contributed by atoms with Gasteiger partial charge in [0.25, 0.3) is 5.91 Å². The van der Waals surface area contributed by atoms with Crippen LogP contribution in [0, 0.1) is 11.7 Å². The van der Waals surface area contributed by atoms with Gasteiger partial charge < -0.3 is 20.7 Å². The van der Waals surface area contributed by atoms with Crippen LogP contribution in [0.15, 0.2) is 16.6 Å². The van der Waals surface area contributed by atoms with Gasteiger partial charge in [-0.1, -0.05) is 15.9 Å². The topological polar surface area (TPSA) is 67.6 Å². The van der Waals surface area contributed by atoms with E-state index < -0.39 is 11.7 Å². The number of carbonyl (C=O) groups excluding carboxylic acids is 1. The number of hydrogen-bond acceptors (Lipinski definition) is 4. The lowest BCUT2D eigenvalue weighted by Crippen LogP contribution is -2.37. The van der Waals surface area contributed by atoms with Crippen LogP contribution in [0.2, 0.25) is 0 Å². The SMILES string of the molecule is COCCN1CCC(CNc2cc(Br)cc(F)c2C(N)=O)CC1. The zero-order chi connectivity index (χ0) is 16.8. The highest BCUT2D eigenvalue weighted by atomic mass is 79.9. The molecule has 0 radical (unpaired) electrons. The van der Waals surface area contributed by atoms with Crippen molar-refractivity contribution in [3.63, 3.8) is 0 Å². The third kappa shape index (κ3) is 5.16. The van der Waals surface area contributed by atoms with Gasteiger partial charge in [-0.25, -0.2) is 4.39 Å². The maximum atomic E-state index is 13.9. The van der Waals surface area contributed by atoms with E-state index in [9.17, 15) is 9.18 Å². The summed E-state index contributed by atoms with van der Waals surface area (Å²) in [4.78, 5) is 13.8. The molecular weight excluding hydrogens is 365 g/mol. The Morgan fingerprint density at radius 3 is 2.78 bits per heavy atom. The average molecular weight is 388 g/mol. The van der Waals surface area contributed by atoms with Crippen molar-refractivity contribution in [2.75, 3.05) is 45.2 Å². The van der Waals surface area contributed by atoms with Crippen LogP contribution in [-0.2, 0) is 4.74 Å². The average Bonchev–Trinajstić information content (AvgIpc) is 2.50. The van der Waals surface area contributed by atoms with Gasteiger partial charge in [0.1, 0.15) is 5.82 Å². The van der Waals surface area contributed by atoms with E-state index in [1.807, 2.05) is 0 Å². The minimum atomic E-state index is -0.758. The number of nitrogens with zero attached hydrogens (tertiary/aromatic N) is 1. The van der Waals surface area contributed by atoms with Gasteiger partial charge in [0.2, 0.25) is 0 Å². The van der Waals surface area contributed by atoms with Gasteiger partial charge >= 0.3 is 0 Å². The lowest BCUT2D eigenvalue weighted by atomic mass is 9.96. The van der Waals surface area contributed by atoms with Gasteiger partial charge in [-0.05, 0) is 44.0 Å². The molecule has 0 unspecified atom stereocenters. The molecule has 23 heavy (non-hydrogen) atoms. The van der Waals surface area contributed by atoms with Crippen LogP contribution < -0.4 is 11.1 Å². The Labute approximate surface area is 144 Å². The molecular formula is C16H23BrFN3O2. The van der Waals surface area contributed by atoms with Crippen LogP contribution in [0.5, 0.6) is 0 Å². The molecule has 1 heterocycles. The number of rotatable bonds is 7. The van der Waals surface area contributed by atoms with Gasteiger partial charge in [0, 0.05) is 24.7 Å². The molecule has 5 nitrogen and oxygen atoms in total. The highest BCUT2D eigenvalue weighted by molar-refractivity contribution is 9.10. The van der Waals surface area contributed by atoms with Gasteiger partial charge in [-0.2, -0.15) is 0 Å². The molecule has 0 spiro atoms. The van der Waals surface area contributed by atoms with Gasteiger partial charge in [-0.15, -0.1) is 0 Å². The first-order valence-corrected chi connectivity index (χ1v) is 8.54. The predicted molar refractivity (Wildman–Crippen MR) is 92.1 cm³/mol. The summed E-state index contributed by atoms with van der Waals surface area (Å²) >= 11 is 3.24. The number of halogens is 2. The predicted octanol–water partition coefficient (Wildman–Crippen LogP) is 2.46. The monoisotopic (exact) mass is 387 g/mol. The number of primary amides is 1. The van der Waals surface area contributed by atoms with Crippen LogP contribution in [0.3, 0.4) is 0 Å². The summed E-state index contributed by atoms with van der Waals surface area (Å²) in [5, 5.41) is 3.19. The van der Waals surface area contributed by atoms with Crippen molar-refractivity contribution >= 4 is 27.5 Å². The van der Waals surface area contributed by atoms with E-state index in [0.717, 1.165) is 39.1 Å². The molecule has 1 aliphatic rings. The van der Waals surface area contributed by atoms with Gasteiger partial charge in [-0.3, -0.25) is 4.79 Å². The molecule has 0 atom stereocenters. The van der Waals surface area contributed by atoms with E-state index in [1.54, 1.807) is 13.2 Å². The summed E-state index contributed by atoms with van der Waals surface area (Å²) < 4.78 is 19.6. The Kier molecular flexibility index (Phi) is 6.80. The summed E-state index contributed by atoms with van der Waals surface area (Å²) in [5.41, 5.74) is 5.66. The lowest BCUT2D eigenvalue weighted by molar-refractivity contribution is 0.0997. The normalized spacial score (nSPS) is 16.5. The summed E-state index contributed by atoms with van der Waals surface area (Å²) in [6.45, 7) is 4.48. The molecule has 0 aliphatic carbocycles. The third-order valence-corrected chi connectivity index (χ3v) is 4.66. The van der Waals surface area contributed by atoms with Crippen molar-refractivity contribution in [3.8, 4) is 0 Å².